The maximum absolute atomic E-state index is 4.64. The average molecular weight is 405 g/mol. The van der Waals surface area contributed by atoms with Gasteiger partial charge in [0.05, 0.1) is 10.9 Å². The first-order valence-electron chi connectivity index (χ1n) is 11.4. The molecule has 1 aliphatic rings. The smallest absolute Gasteiger partial charge is 0.188 e. The molecule has 3 aromatic carbocycles. The highest BCUT2D eigenvalue weighted by Gasteiger charge is 2.47. The summed E-state index contributed by atoms with van der Waals surface area (Å²) in [5, 5.41) is 2.59. The predicted octanol–water partition coefficient (Wildman–Crippen LogP) is 7.62. The Morgan fingerprint density at radius 2 is 1.48 bits per heavy atom. The summed E-state index contributed by atoms with van der Waals surface area (Å²) in [5.74, 6) is 0. The van der Waals surface area contributed by atoms with Crippen LogP contribution in [0.1, 0.15) is 43.4 Å². The summed E-state index contributed by atoms with van der Waals surface area (Å²) in [6.45, 7) is 13.6. The Morgan fingerprint density at radius 3 is 2.23 bits per heavy atom. The van der Waals surface area contributed by atoms with Gasteiger partial charge in [0.1, 0.15) is 0 Å². The average Bonchev–Trinajstić information content (AvgIpc) is 2.81. The Labute approximate surface area is 185 Å². The molecule has 0 aliphatic carbocycles. The van der Waals surface area contributed by atoms with Crippen molar-refractivity contribution in [2.45, 2.75) is 46.1 Å². The van der Waals surface area contributed by atoms with Crippen LogP contribution in [-0.4, -0.2) is 0 Å². The Morgan fingerprint density at radius 1 is 0.774 bits per heavy atom. The van der Waals surface area contributed by atoms with Gasteiger partial charge in [-0.25, -0.2) is 0 Å². The largest absolute Gasteiger partial charge is 0.221 e. The van der Waals surface area contributed by atoms with Gasteiger partial charge in [-0.05, 0) is 59.2 Å². The van der Waals surface area contributed by atoms with E-state index in [1.165, 1.54) is 55.4 Å². The molecule has 1 nitrogen and oxygen atoms in total. The molecule has 0 saturated heterocycles. The zero-order chi connectivity index (χ0) is 21.8. The number of rotatable bonds is 3. The highest BCUT2D eigenvalue weighted by Crippen LogP contribution is 2.46. The quantitative estimate of drug-likeness (QED) is 0.309. The van der Waals surface area contributed by atoms with E-state index in [1.54, 1.807) is 0 Å². The van der Waals surface area contributed by atoms with Crippen LogP contribution in [0.15, 0.2) is 79.5 Å². The third-order valence-corrected chi connectivity index (χ3v) is 7.49. The van der Waals surface area contributed by atoms with Crippen LogP contribution in [0, 0.1) is 13.8 Å². The van der Waals surface area contributed by atoms with Crippen molar-refractivity contribution < 1.29 is 4.57 Å². The fraction of sp³-hybridized carbons (Fsp3) is 0.233. The van der Waals surface area contributed by atoms with E-state index in [9.17, 15) is 0 Å². The van der Waals surface area contributed by atoms with Crippen LogP contribution in [0.5, 0.6) is 0 Å². The minimum absolute atomic E-state index is 0.0890. The van der Waals surface area contributed by atoms with E-state index in [-0.39, 0.29) is 5.54 Å². The molecule has 0 fully saturated rings. The van der Waals surface area contributed by atoms with Crippen LogP contribution in [0.25, 0.3) is 38.7 Å². The number of nitrogens with zero attached hydrogens (tertiary/aromatic N) is 1. The molecule has 0 amide bonds. The molecule has 0 spiro atoms. The number of hydrogen-bond donors (Lipinski definition) is 0. The summed E-state index contributed by atoms with van der Waals surface area (Å²) in [5.41, 5.74) is 10.2. The van der Waals surface area contributed by atoms with Gasteiger partial charge in [0.15, 0.2) is 11.7 Å². The van der Waals surface area contributed by atoms with Crippen LogP contribution >= 0.6 is 0 Å². The van der Waals surface area contributed by atoms with Crippen molar-refractivity contribution in [2.24, 2.45) is 0 Å². The molecule has 1 heteroatoms. The molecule has 0 atom stereocenters. The van der Waals surface area contributed by atoms with Gasteiger partial charge in [-0.3, -0.25) is 0 Å². The summed E-state index contributed by atoms with van der Waals surface area (Å²) in [7, 11) is 0. The maximum atomic E-state index is 4.64. The minimum atomic E-state index is -0.0890. The molecule has 0 saturated carbocycles. The first kappa shape index (κ1) is 19.8. The van der Waals surface area contributed by atoms with Crippen LogP contribution in [0.3, 0.4) is 0 Å². The Balaban J connectivity index is 1.85. The van der Waals surface area contributed by atoms with E-state index in [2.05, 4.69) is 112 Å². The van der Waals surface area contributed by atoms with Gasteiger partial charge in [0, 0.05) is 24.5 Å². The molecule has 1 aliphatic heterocycles. The second-order valence-electron chi connectivity index (χ2n) is 8.90. The third-order valence-electron chi connectivity index (χ3n) is 7.49. The predicted molar refractivity (Wildman–Crippen MR) is 132 cm³/mol. The first-order chi connectivity index (χ1) is 15.0. The zero-order valence-electron chi connectivity index (χ0n) is 19.0. The second-order valence-corrected chi connectivity index (χ2v) is 8.90. The third kappa shape index (κ3) is 2.80. The Kier molecular flexibility index (Phi) is 4.59. The summed E-state index contributed by atoms with van der Waals surface area (Å²) >= 11 is 0. The molecule has 0 unspecified atom stereocenters. The number of aryl methyl sites for hydroxylation is 2. The van der Waals surface area contributed by atoms with E-state index in [0.717, 1.165) is 12.8 Å². The number of allylic oxidation sites excluding steroid dienone is 1. The number of fused-ring (bicyclic) bond motifs is 5. The van der Waals surface area contributed by atoms with Gasteiger partial charge < -0.3 is 0 Å². The fourth-order valence-electron chi connectivity index (χ4n) is 5.37. The van der Waals surface area contributed by atoms with Crippen molar-refractivity contribution in [1.29, 1.82) is 0 Å². The van der Waals surface area contributed by atoms with Crippen molar-refractivity contribution in [3.05, 3.63) is 96.2 Å². The Bertz CT molecular complexity index is 1340. The molecule has 2 heterocycles. The molecule has 1 aromatic heterocycles. The lowest BCUT2D eigenvalue weighted by molar-refractivity contribution is -0.740. The summed E-state index contributed by atoms with van der Waals surface area (Å²) in [6.07, 6.45) is 4.33. The van der Waals surface area contributed by atoms with Crippen LogP contribution < -0.4 is 4.57 Å². The lowest BCUT2D eigenvalue weighted by atomic mass is 9.74. The molecule has 0 N–H and O–H groups in total. The minimum Gasteiger partial charge on any atom is -0.188 e. The van der Waals surface area contributed by atoms with E-state index in [1.807, 2.05) is 0 Å². The zero-order valence-corrected chi connectivity index (χ0v) is 19.0. The Hall–Kier alpha value is -3.19. The second kappa shape index (κ2) is 7.20. The van der Waals surface area contributed by atoms with E-state index >= 15 is 0 Å². The molecule has 154 valence electrons. The van der Waals surface area contributed by atoms with E-state index < -0.39 is 0 Å². The molecular weight excluding hydrogens is 374 g/mol. The first-order valence-corrected chi connectivity index (χ1v) is 11.4. The lowest BCUT2D eigenvalue weighted by Crippen LogP contribution is -2.59. The molecule has 5 rings (SSSR count). The number of hydrogen-bond acceptors (Lipinski definition) is 0. The SMILES string of the molecule is C=C1c2ccc(-c3ccc(C)c(C)c3)cc2-c2c3ccccc3cc[n+]2C1(CC)CC. The lowest BCUT2D eigenvalue weighted by Gasteiger charge is -2.35. The highest BCUT2D eigenvalue weighted by molar-refractivity contribution is 5.98. The molecule has 4 aromatic rings. The van der Waals surface area contributed by atoms with Crippen LogP contribution in [-0.2, 0) is 5.54 Å². The monoisotopic (exact) mass is 404 g/mol. The van der Waals surface area contributed by atoms with E-state index in [0.29, 0.717) is 0 Å². The number of benzene rings is 3. The van der Waals surface area contributed by atoms with Gasteiger partial charge in [-0.1, -0.05) is 69.0 Å². The number of pyridine rings is 1. The fourth-order valence-corrected chi connectivity index (χ4v) is 5.37. The molecule has 0 radical (unpaired) electrons. The summed E-state index contributed by atoms with van der Waals surface area (Å²) in [4.78, 5) is 0. The normalized spacial score (nSPS) is 14.4. The van der Waals surface area contributed by atoms with Crippen LogP contribution in [0.4, 0.5) is 0 Å². The van der Waals surface area contributed by atoms with Gasteiger partial charge in [-0.15, -0.1) is 0 Å². The van der Waals surface area contributed by atoms with Crippen molar-refractivity contribution in [3.63, 3.8) is 0 Å². The van der Waals surface area contributed by atoms with E-state index in [4.69, 9.17) is 0 Å². The molecule has 0 bridgehead atoms. The van der Waals surface area contributed by atoms with Crippen molar-refractivity contribution in [1.82, 2.24) is 0 Å². The van der Waals surface area contributed by atoms with Crippen molar-refractivity contribution in [3.8, 4) is 22.4 Å². The van der Waals surface area contributed by atoms with Crippen LogP contribution in [0.2, 0.25) is 0 Å². The number of aromatic nitrogens is 1. The maximum Gasteiger partial charge on any atom is 0.221 e. The molecular formula is C30H30N+. The standard InChI is InChI=1S/C30H30N/c1-6-30(7-2)22(5)26-15-14-25(24-13-12-20(3)21(4)18-24)19-28(26)29-27-11-9-8-10-23(27)16-17-31(29)30/h8-19H,5-7H2,1-4H3/q+1. The van der Waals surface area contributed by atoms with Crippen molar-refractivity contribution >= 4 is 16.3 Å². The summed E-state index contributed by atoms with van der Waals surface area (Å²) in [6, 6.07) is 24.7. The highest BCUT2D eigenvalue weighted by atomic mass is 15.1. The van der Waals surface area contributed by atoms with Crippen molar-refractivity contribution in [2.75, 3.05) is 0 Å². The van der Waals surface area contributed by atoms with Gasteiger partial charge in [-0.2, -0.15) is 4.57 Å². The topological polar surface area (TPSA) is 3.88 Å². The van der Waals surface area contributed by atoms with Gasteiger partial charge in [0.2, 0.25) is 5.69 Å². The summed E-state index contributed by atoms with van der Waals surface area (Å²) < 4.78 is 2.50. The molecule has 31 heavy (non-hydrogen) atoms. The van der Waals surface area contributed by atoms with Gasteiger partial charge >= 0.3 is 0 Å². The van der Waals surface area contributed by atoms with Gasteiger partial charge in [0.25, 0.3) is 0 Å².